The average molecular weight is 401 g/mol. The SMILES string of the molecule is CCn1c(-c2ccc(Cl)cc2)nn(CN(C)C2CCS(=O)(=O)C2)c1=S. The quantitative estimate of drug-likeness (QED) is 0.722. The summed E-state index contributed by atoms with van der Waals surface area (Å²) in [5, 5.41) is 5.34. The largest absolute Gasteiger partial charge is 0.300 e. The summed E-state index contributed by atoms with van der Waals surface area (Å²) in [4.78, 5) is 2.01. The van der Waals surface area contributed by atoms with Crippen LogP contribution in [0, 0.1) is 4.77 Å². The highest BCUT2D eigenvalue weighted by molar-refractivity contribution is 7.91. The Morgan fingerprint density at radius 1 is 1.36 bits per heavy atom. The molecule has 1 aliphatic rings. The third-order valence-corrected chi connectivity index (χ3v) is 6.96. The molecule has 0 bridgehead atoms. The second kappa shape index (κ2) is 7.19. The van der Waals surface area contributed by atoms with Crippen LogP contribution in [-0.2, 0) is 23.1 Å². The molecule has 1 aromatic heterocycles. The van der Waals surface area contributed by atoms with Crippen molar-refractivity contribution in [3.8, 4) is 11.4 Å². The normalized spacial score (nSPS) is 19.6. The fraction of sp³-hybridized carbons (Fsp3) is 0.500. The zero-order valence-electron chi connectivity index (χ0n) is 14.2. The molecule has 2 aromatic rings. The van der Waals surface area contributed by atoms with Gasteiger partial charge in [-0.25, -0.2) is 13.1 Å². The van der Waals surface area contributed by atoms with Crippen LogP contribution in [0.1, 0.15) is 13.3 Å². The first-order valence-electron chi connectivity index (χ1n) is 8.15. The second-order valence-corrected chi connectivity index (χ2v) is 9.34. The van der Waals surface area contributed by atoms with Crippen LogP contribution in [0.25, 0.3) is 11.4 Å². The van der Waals surface area contributed by atoms with E-state index in [1.54, 1.807) is 4.68 Å². The van der Waals surface area contributed by atoms with E-state index in [2.05, 4.69) is 5.10 Å². The van der Waals surface area contributed by atoms with Gasteiger partial charge >= 0.3 is 0 Å². The van der Waals surface area contributed by atoms with Crippen LogP contribution >= 0.6 is 23.8 Å². The summed E-state index contributed by atoms with van der Waals surface area (Å²) in [5.74, 6) is 1.25. The molecule has 3 rings (SSSR count). The number of benzene rings is 1. The van der Waals surface area contributed by atoms with Crippen LogP contribution in [0.15, 0.2) is 24.3 Å². The summed E-state index contributed by atoms with van der Waals surface area (Å²) >= 11 is 11.5. The van der Waals surface area contributed by atoms with Crippen LogP contribution in [0.3, 0.4) is 0 Å². The maximum Gasteiger partial charge on any atom is 0.199 e. The monoisotopic (exact) mass is 400 g/mol. The predicted octanol–water partition coefficient (Wildman–Crippen LogP) is 2.83. The molecule has 1 fully saturated rings. The minimum absolute atomic E-state index is 0.0117. The first-order chi connectivity index (χ1) is 11.8. The first kappa shape index (κ1) is 18.6. The van der Waals surface area contributed by atoms with Gasteiger partial charge in [-0.2, -0.15) is 5.10 Å². The number of halogens is 1. The van der Waals surface area contributed by atoms with E-state index in [1.807, 2.05) is 47.7 Å². The lowest BCUT2D eigenvalue weighted by molar-refractivity contribution is 0.196. The molecule has 1 unspecified atom stereocenters. The molecule has 9 heteroatoms. The fourth-order valence-electron chi connectivity index (χ4n) is 3.08. The number of aromatic nitrogens is 3. The van der Waals surface area contributed by atoms with Gasteiger partial charge in [-0.05, 0) is 56.9 Å². The molecule has 2 heterocycles. The van der Waals surface area contributed by atoms with Crippen LogP contribution in [0.2, 0.25) is 5.02 Å². The lowest BCUT2D eigenvalue weighted by Crippen LogP contribution is -2.34. The maximum atomic E-state index is 11.7. The van der Waals surface area contributed by atoms with Crippen molar-refractivity contribution in [3.63, 3.8) is 0 Å². The smallest absolute Gasteiger partial charge is 0.199 e. The van der Waals surface area contributed by atoms with Gasteiger partial charge in [0.2, 0.25) is 0 Å². The third kappa shape index (κ3) is 3.97. The van der Waals surface area contributed by atoms with Crippen molar-refractivity contribution < 1.29 is 8.42 Å². The van der Waals surface area contributed by atoms with Gasteiger partial charge in [-0.3, -0.25) is 4.90 Å². The van der Waals surface area contributed by atoms with Crippen molar-refractivity contribution in [2.24, 2.45) is 0 Å². The van der Waals surface area contributed by atoms with Crippen LogP contribution in [0.4, 0.5) is 0 Å². The molecule has 0 saturated carbocycles. The maximum absolute atomic E-state index is 11.7. The first-order valence-corrected chi connectivity index (χ1v) is 10.8. The number of sulfone groups is 1. The Morgan fingerprint density at radius 3 is 2.60 bits per heavy atom. The molecule has 1 aromatic carbocycles. The van der Waals surface area contributed by atoms with E-state index in [0.29, 0.717) is 29.4 Å². The van der Waals surface area contributed by atoms with Crippen molar-refractivity contribution in [1.82, 2.24) is 19.2 Å². The summed E-state index contributed by atoms with van der Waals surface area (Å²) in [6.07, 6.45) is 0.657. The van der Waals surface area contributed by atoms with E-state index in [9.17, 15) is 8.42 Å². The summed E-state index contributed by atoms with van der Waals surface area (Å²) in [6.45, 7) is 3.19. The van der Waals surface area contributed by atoms with E-state index < -0.39 is 9.84 Å². The molecule has 1 aliphatic heterocycles. The molecule has 0 N–H and O–H groups in total. The lowest BCUT2D eigenvalue weighted by Gasteiger charge is -2.22. The predicted molar refractivity (Wildman–Crippen MR) is 102 cm³/mol. The Bertz CT molecular complexity index is 919. The van der Waals surface area contributed by atoms with E-state index in [1.165, 1.54) is 0 Å². The van der Waals surface area contributed by atoms with E-state index in [4.69, 9.17) is 23.8 Å². The number of hydrogen-bond acceptors (Lipinski definition) is 5. The molecular formula is C16H21ClN4O2S2. The summed E-state index contributed by atoms with van der Waals surface area (Å²) in [7, 11) is -0.996. The van der Waals surface area contributed by atoms with Gasteiger partial charge in [0.1, 0.15) is 0 Å². The van der Waals surface area contributed by atoms with Gasteiger partial charge in [0.25, 0.3) is 0 Å². The highest BCUT2D eigenvalue weighted by Crippen LogP contribution is 2.22. The number of rotatable bonds is 5. The summed E-state index contributed by atoms with van der Waals surface area (Å²) < 4.78 is 27.7. The summed E-state index contributed by atoms with van der Waals surface area (Å²) in [6, 6.07) is 7.51. The van der Waals surface area contributed by atoms with Crippen LogP contribution in [-0.4, -0.2) is 52.3 Å². The molecule has 6 nitrogen and oxygen atoms in total. The topological polar surface area (TPSA) is 60.1 Å². The van der Waals surface area contributed by atoms with Gasteiger partial charge in [-0.1, -0.05) is 11.6 Å². The average Bonchev–Trinajstić information content (AvgIpc) is 3.08. The van der Waals surface area contributed by atoms with Gasteiger partial charge in [0.15, 0.2) is 20.4 Å². The van der Waals surface area contributed by atoms with Gasteiger partial charge in [0, 0.05) is 23.2 Å². The van der Waals surface area contributed by atoms with Crippen molar-refractivity contribution in [1.29, 1.82) is 0 Å². The minimum atomic E-state index is -2.91. The van der Waals surface area contributed by atoms with E-state index in [-0.39, 0.29) is 17.5 Å². The van der Waals surface area contributed by atoms with Crippen molar-refractivity contribution >= 4 is 33.7 Å². The van der Waals surface area contributed by atoms with Gasteiger partial charge < -0.3 is 4.57 Å². The Morgan fingerprint density at radius 2 is 2.04 bits per heavy atom. The molecule has 1 saturated heterocycles. The highest BCUT2D eigenvalue weighted by atomic mass is 35.5. The molecule has 0 aliphatic carbocycles. The van der Waals surface area contributed by atoms with Crippen molar-refractivity contribution in [2.75, 3.05) is 18.6 Å². The molecular weight excluding hydrogens is 380 g/mol. The standard InChI is InChI=1S/C16H21ClN4O2S2/c1-3-20-15(12-4-6-13(17)7-5-12)18-21(16(20)24)11-19(2)14-8-9-25(22,23)10-14/h4-7,14H,3,8-11H2,1-2H3. The number of hydrogen-bond donors (Lipinski definition) is 0. The van der Waals surface area contributed by atoms with E-state index >= 15 is 0 Å². The Hall–Kier alpha value is -1.22. The molecule has 136 valence electrons. The van der Waals surface area contributed by atoms with Crippen LogP contribution in [0.5, 0.6) is 0 Å². The molecule has 0 spiro atoms. The lowest BCUT2D eigenvalue weighted by atomic mass is 10.2. The van der Waals surface area contributed by atoms with Crippen molar-refractivity contribution in [3.05, 3.63) is 34.1 Å². The molecule has 1 atom stereocenters. The summed E-state index contributed by atoms with van der Waals surface area (Å²) in [5.41, 5.74) is 0.946. The Balaban J connectivity index is 1.87. The minimum Gasteiger partial charge on any atom is -0.300 e. The highest BCUT2D eigenvalue weighted by Gasteiger charge is 2.31. The Kier molecular flexibility index (Phi) is 5.34. The van der Waals surface area contributed by atoms with Gasteiger partial charge in [0.05, 0.1) is 18.2 Å². The van der Waals surface area contributed by atoms with Gasteiger partial charge in [-0.15, -0.1) is 0 Å². The zero-order chi connectivity index (χ0) is 18.2. The molecule has 0 radical (unpaired) electrons. The molecule has 0 amide bonds. The van der Waals surface area contributed by atoms with Crippen LogP contribution < -0.4 is 0 Å². The Labute approximate surface area is 157 Å². The third-order valence-electron chi connectivity index (χ3n) is 4.53. The zero-order valence-corrected chi connectivity index (χ0v) is 16.6. The second-order valence-electron chi connectivity index (χ2n) is 6.31. The van der Waals surface area contributed by atoms with E-state index in [0.717, 1.165) is 11.4 Å². The fourth-order valence-corrected chi connectivity index (χ4v) is 5.33. The van der Waals surface area contributed by atoms with Crippen molar-refractivity contribution in [2.45, 2.75) is 32.6 Å². The molecule has 25 heavy (non-hydrogen) atoms. The number of nitrogens with zero attached hydrogens (tertiary/aromatic N) is 4.